The van der Waals surface area contributed by atoms with Crippen LogP contribution in [0, 0.1) is 0 Å². The molecule has 0 aliphatic carbocycles. The predicted molar refractivity (Wildman–Crippen MR) is 77.2 cm³/mol. The van der Waals surface area contributed by atoms with Gasteiger partial charge >= 0.3 is 0 Å². The maximum Gasteiger partial charge on any atom is 0.0681 e. The van der Waals surface area contributed by atoms with Gasteiger partial charge in [-0.2, -0.15) is 0 Å². The summed E-state index contributed by atoms with van der Waals surface area (Å²) in [5.41, 5.74) is 2.55. The van der Waals surface area contributed by atoms with E-state index in [1.165, 1.54) is 11.3 Å². The molecule has 1 aromatic rings. The number of ether oxygens (including phenoxy) is 1. The van der Waals surface area contributed by atoms with Gasteiger partial charge in [0.15, 0.2) is 0 Å². The Balaban J connectivity index is 2.03. The maximum atomic E-state index is 5.08. The Kier molecular flexibility index (Phi) is 4.85. The second-order valence-corrected chi connectivity index (χ2v) is 5.93. The quantitative estimate of drug-likeness (QED) is 0.829. The summed E-state index contributed by atoms with van der Waals surface area (Å²) in [6.07, 6.45) is 1.07. The van der Waals surface area contributed by atoms with Crippen LogP contribution in [0.15, 0.2) is 21.1 Å². The smallest absolute Gasteiger partial charge is 0.0681 e. The number of anilines is 1. The molecule has 1 aliphatic heterocycles. The Morgan fingerprint density at radius 3 is 3.00 bits per heavy atom. The van der Waals surface area contributed by atoms with Crippen molar-refractivity contribution in [3.63, 3.8) is 0 Å². The number of rotatable bonds is 4. The third-order valence-electron chi connectivity index (χ3n) is 2.83. The highest BCUT2D eigenvalue weighted by atomic mass is 79.9. The van der Waals surface area contributed by atoms with Crippen molar-refractivity contribution in [1.82, 2.24) is 4.90 Å². The fourth-order valence-corrected chi connectivity index (χ4v) is 3.48. The lowest BCUT2D eigenvalue weighted by molar-refractivity contribution is 0.171. The van der Waals surface area contributed by atoms with E-state index in [9.17, 15) is 0 Å². The Labute approximate surface area is 119 Å². The first-order chi connectivity index (χ1) is 8.20. The van der Waals surface area contributed by atoms with E-state index in [-0.39, 0.29) is 0 Å². The molecule has 0 bridgehead atoms. The number of nitrogens with zero attached hydrogens (tertiary/aromatic N) is 1. The summed E-state index contributed by atoms with van der Waals surface area (Å²) in [6, 6.07) is 4.25. The van der Waals surface area contributed by atoms with Crippen molar-refractivity contribution in [2.24, 2.45) is 0 Å². The number of nitrogens with one attached hydrogen (secondary N) is 1. The molecule has 1 aliphatic rings. The van der Waals surface area contributed by atoms with Crippen LogP contribution in [0.1, 0.15) is 12.0 Å². The highest BCUT2D eigenvalue weighted by molar-refractivity contribution is 9.11. The van der Waals surface area contributed by atoms with E-state index in [4.69, 9.17) is 4.74 Å². The van der Waals surface area contributed by atoms with Gasteiger partial charge in [0.1, 0.15) is 0 Å². The molecule has 0 saturated carbocycles. The number of methoxy groups -OCH3 is 1. The van der Waals surface area contributed by atoms with E-state index in [1.807, 2.05) is 0 Å². The van der Waals surface area contributed by atoms with E-state index in [2.05, 4.69) is 54.2 Å². The number of halogens is 2. The van der Waals surface area contributed by atoms with Crippen molar-refractivity contribution >= 4 is 37.5 Å². The second-order valence-electron chi connectivity index (χ2n) is 4.16. The summed E-state index contributed by atoms with van der Waals surface area (Å²) < 4.78 is 7.32. The first-order valence-corrected chi connectivity index (χ1v) is 7.22. The lowest BCUT2D eigenvalue weighted by atomic mass is 10.1. The average Bonchev–Trinajstić information content (AvgIpc) is 2.28. The van der Waals surface area contributed by atoms with Gasteiger partial charge in [0.2, 0.25) is 0 Å². The molecule has 2 rings (SSSR count). The van der Waals surface area contributed by atoms with Crippen LogP contribution in [-0.2, 0) is 11.3 Å². The van der Waals surface area contributed by atoms with Crippen LogP contribution >= 0.6 is 31.9 Å². The van der Waals surface area contributed by atoms with Crippen LogP contribution in [0.2, 0.25) is 0 Å². The first kappa shape index (κ1) is 13.3. The molecule has 94 valence electrons. The molecule has 1 heterocycles. The third-order valence-corrected chi connectivity index (χ3v) is 3.92. The van der Waals surface area contributed by atoms with E-state index in [0.717, 1.165) is 41.7 Å². The van der Waals surface area contributed by atoms with Crippen molar-refractivity contribution in [1.29, 1.82) is 0 Å². The predicted octanol–water partition coefficient (Wildman–Crippen LogP) is 3.43. The van der Waals surface area contributed by atoms with Gasteiger partial charge in [-0.3, -0.25) is 4.90 Å². The van der Waals surface area contributed by atoms with Crippen LogP contribution in [0.4, 0.5) is 5.69 Å². The molecular weight excluding hydrogens is 348 g/mol. The van der Waals surface area contributed by atoms with Gasteiger partial charge in [0.25, 0.3) is 0 Å². The summed E-state index contributed by atoms with van der Waals surface area (Å²) in [6.45, 7) is 3.77. The van der Waals surface area contributed by atoms with Gasteiger partial charge in [-0.15, -0.1) is 0 Å². The van der Waals surface area contributed by atoms with Crippen molar-refractivity contribution in [3.8, 4) is 0 Å². The average molecular weight is 364 g/mol. The minimum atomic E-state index is 0.825. The van der Waals surface area contributed by atoms with Crippen molar-refractivity contribution < 1.29 is 4.74 Å². The number of hydrogen-bond donors (Lipinski definition) is 1. The van der Waals surface area contributed by atoms with Crippen molar-refractivity contribution in [2.45, 2.75) is 13.0 Å². The standard InChI is InChI=1S/C12H16Br2N2O/c1-17-4-2-3-16-7-9-5-10(13)6-11(14)12(9)15-8-16/h5-6,15H,2-4,7-8H2,1H3. The number of hydrogen-bond acceptors (Lipinski definition) is 3. The molecule has 1 aromatic carbocycles. The molecule has 5 heteroatoms. The number of fused-ring (bicyclic) bond motifs is 1. The van der Waals surface area contributed by atoms with Crippen LogP contribution in [0.3, 0.4) is 0 Å². The Hall–Kier alpha value is -0.100. The van der Waals surface area contributed by atoms with E-state index >= 15 is 0 Å². The molecule has 0 amide bonds. The topological polar surface area (TPSA) is 24.5 Å². The fourth-order valence-electron chi connectivity index (χ4n) is 2.03. The number of benzene rings is 1. The van der Waals surface area contributed by atoms with Gasteiger partial charge < -0.3 is 10.1 Å². The molecule has 0 saturated heterocycles. The van der Waals surface area contributed by atoms with Gasteiger partial charge in [0, 0.05) is 35.8 Å². The Bertz CT molecular complexity index is 398. The molecule has 0 fully saturated rings. The molecule has 17 heavy (non-hydrogen) atoms. The molecule has 3 nitrogen and oxygen atoms in total. The zero-order chi connectivity index (χ0) is 12.3. The van der Waals surface area contributed by atoms with Crippen LogP contribution in [-0.4, -0.2) is 31.8 Å². The summed E-state index contributed by atoms with van der Waals surface area (Å²) in [5.74, 6) is 0. The summed E-state index contributed by atoms with van der Waals surface area (Å²) >= 11 is 7.11. The fraction of sp³-hybridized carbons (Fsp3) is 0.500. The van der Waals surface area contributed by atoms with Gasteiger partial charge in [0.05, 0.1) is 12.4 Å². The summed E-state index contributed by atoms with van der Waals surface area (Å²) in [5, 5.41) is 3.45. The Morgan fingerprint density at radius 1 is 1.41 bits per heavy atom. The van der Waals surface area contributed by atoms with Gasteiger partial charge in [-0.1, -0.05) is 15.9 Å². The van der Waals surface area contributed by atoms with Crippen LogP contribution < -0.4 is 5.32 Å². The third kappa shape index (κ3) is 3.44. The second kappa shape index (κ2) is 6.18. The Morgan fingerprint density at radius 2 is 2.24 bits per heavy atom. The molecule has 1 N–H and O–H groups in total. The molecule has 0 radical (unpaired) electrons. The highest BCUT2D eigenvalue weighted by Gasteiger charge is 2.17. The summed E-state index contributed by atoms with van der Waals surface area (Å²) in [7, 11) is 1.75. The largest absolute Gasteiger partial charge is 0.385 e. The molecule has 0 spiro atoms. The van der Waals surface area contributed by atoms with Gasteiger partial charge in [-0.25, -0.2) is 0 Å². The maximum absolute atomic E-state index is 5.08. The first-order valence-electron chi connectivity index (χ1n) is 5.64. The van der Waals surface area contributed by atoms with E-state index in [0.29, 0.717) is 0 Å². The van der Waals surface area contributed by atoms with E-state index in [1.54, 1.807) is 7.11 Å². The molecular formula is C12H16Br2N2O. The lowest BCUT2D eigenvalue weighted by Gasteiger charge is -2.30. The van der Waals surface area contributed by atoms with Crippen LogP contribution in [0.5, 0.6) is 0 Å². The normalized spacial score (nSPS) is 15.5. The molecule has 0 aromatic heterocycles. The van der Waals surface area contributed by atoms with Crippen molar-refractivity contribution in [3.05, 3.63) is 26.6 Å². The zero-order valence-corrected chi connectivity index (χ0v) is 13.0. The minimum absolute atomic E-state index is 0.825. The lowest BCUT2D eigenvalue weighted by Crippen LogP contribution is -2.34. The van der Waals surface area contributed by atoms with Crippen LogP contribution in [0.25, 0.3) is 0 Å². The zero-order valence-electron chi connectivity index (χ0n) is 9.80. The van der Waals surface area contributed by atoms with Crippen molar-refractivity contribution in [2.75, 3.05) is 32.2 Å². The molecule has 0 atom stereocenters. The SMILES string of the molecule is COCCCN1CNc2c(Br)cc(Br)cc2C1. The van der Waals surface area contributed by atoms with Gasteiger partial charge in [-0.05, 0) is 40.0 Å². The minimum Gasteiger partial charge on any atom is -0.385 e. The molecule has 0 unspecified atom stereocenters. The highest BCUT2D eigenvalue weighted by Crippen LogP contribution is 2.33. The summed E-state index contributed by atoms with van der Waals surface area (Å²) in [4.78, 5) is 2.39. The van der Waals surface area contributed by atoms with E-state index < -0.39 is 0 Å². The monoisotopic (exact) mass is 362 g/mol.